The van der Waals surface area contributed by atoms with Crippen molar-refractivity contribution in [3.8, 4) is 33.4 Å². The Balaban J connectivity index is 0.000000158. The molecular formula is C81H79ClF13N15O9S3. The molecule has 3 amide bonds. The quantitative estimate of drug-likeness (QED) is 0.0531. The van der Waals surface area contributed by atoms with Crippen LogP contribution in [-0.4, -0.2) is 215 Å². The van der Waals surface area contributed by atoms with Crippen molar-refractivity contribution in [2.45, 2.75) is 71.2 Å². The summed E-state index contributed by atoms with van der Waals surface area (Å²) in [5.74, 6) is -3.33. The van der Waals surface area contributed by atoms with Crippen LogP contribution in [0.25, 0.3) is 66.1 Å². The molecule has 9 aromatic rings. The number of amides is 3. The van der Waals surface area contributed by atoms with Gasteiger partial charge in [-0.25, -0.2) is 31.9 Å². The molecule has 3 fully saturated rings. The van der Waals surface area contributed by atoms with Crippen LogP contribution < -0.4 is 49.0 Å². The Labute approximate surface area is 705 Å². The number of anilines is 3. The second-order valence-electron chi connectivity index (χ2n) is 28.6. The first kappa shape index (κ1) is 89.7. The summed E-state index contributed by atoms with van der Waals surface area (Å²) in [5.41, 5.74) is 11.4. The van der Waals surface area contributed by atoms with Gasteiger partial charge in [-0.3, -0.25) is 28.1 Å². The average Bonchev–Trinajstić information content (AvgIpc) is 1.22. The fraction of sp³-hybridized carbons (Fsp3) is 0.370. The van der Waals surface area contributed by atoms with Crippen LogP contribution >= 0.6 is 46.9 Å². The lowest BCUT2D eigenvalue weighted by atomic mass is 9.95. The number of rotatable bonds is 18. The van der Waals surface area contributed by atoms with Gasteiger partial charge >= 0.3 is 35.6 Å². The predicted molar refractivity (Wildman–Crippen MR) is 440 cm³/mol. The van der Waals surface area contributed by atoms with Gasteiger partial charge in [0, 0.05) is 175 Å². The molecular weight excluding hydrogens is 1710 g/mol. The van der Waals surface area contributed by atoms with Crippen molar-refractivity contribution in [1.82, 2.24) is 43.4 Å². The molecule has 6 aliphatic heterocycles. The topological polar surface area (TPSA) is 281 Å². The van der Waals surface area contributed by atoms with Gasteiger partial charge in [0.2, 0.25) is 17.7 Å². The number of nitrogens with zero attached hydrogens (tertiary/aromatic N) is 12. The number of hydrogen-bond acceptors (Lipinski definition) is 21. The minimum atomic E-state index is -4.93. The van der Waals surface area contributed by atoms with Gasteiger partial charge in [-0.1, -0.05) is 49.5 Å². The number of hydrogen-bond donors (Lipinski definition) is 3. The van der Waals surface area contributed by atoms with E-state index in [1.807, 2.05) is 0 Å². The van der Waals surface area contributed by atoms with Crippen molar-refractivity contribution in [2.75, 3.05) is 150 Å². The summed E-state index contributed by atoms with van der Waals surface area (Å²) in [4.78, 5) is 99.5. The molecule has 0 aliphatic carbocycles. The number of thioether (sulfide) groups is 3. The molecule has 3 saturated heterocycles. The molecule has 122 heavy (non-hydrogen) atoms. The van der Waals surface area contributed by atoms with Crippen LogP contribution in [-0.2, 0) is 66.8 Å². The monoisotopic (exact) mass is 1780 g/mol. The van der Waals surface area contributed by atoms with Crippen molar-refractivity contribution in [3.63, 3.8) is 0 Å². The van der Waals surface area contributed by atoms with Crippen LogP contribution in [0.15, 0.2) is 146 Å². The highest BCUT2D eigenvalue weighted by molar-refractivity contribution is 8.00. The Morgan fingerprint density at radius 1 is 0.434 bits per heavy atom. The number of carbonyl (C=O) groups is 3. The number of halogens is 14. The summed E-state index contributed by atoms with van der Waals surface area (Å²) in [6, 6.07) is 13.5. The molecule has 6 aliphatic rings. The second kappa shape index (κ2) is 37.6. The zero-order valence-electron chi connectivity index (χ0n) is 64.9. The largest absolute Gasteiger partial charge is 0.417 e. The predicted octanol–water partition coefficient (Wildman–Crippen LogP) is 11.3. The van der Waals surface area contributed by atoms with Crippen molar-refractivity contribution in [2.24, 2.45) is 17.2 Å². The summed E-state index contributed by atoms with van der Waals surface area (Å²) >= 11 is 9.28. The molecule has 41 heteroatoms. The van der Waals surface area contributed by atoms with Crippen molar-refractivity contribution < 1.29 is 85.7 Å². The molecule has 3 atom stereocenters. The van der Waals surface area contributed by atoms with E-state index in [0.29, 0.717) is 24.7 Å². The molecule has 6 N–H and O–H groups in total. The van der Waals surface area contributed by atoms with Crippen LogP contribution in [0.3, 0.4) is 0 Å². The molecule has 0 bridgehead atoms. The molecule has 3 unspecified atom stereocenters. The number of alkyl halides is 9. The molecule has 648 valence electrons. The van der Waals surface area contributed by atoms with E-state index in [9.17, 15) is 81.5 Å². The lowest BCUT2D eigenvalue weighted by molar-refractivity contribution is -0.137. The van der Waals surface area contributed by atoms with Gasteiger partial charge in [-0.2, -0.15) is 54.5 Å². The Hall–Kier alpha value is -10.0. The summed E-state index contributed by atoms with van der Waals surface area (Å²) in [5, 5.41) is 0.0294. The Kier molecular flexibility index (Phi) is 27.6. The average molecular weight is 1790 g/mol. The van der Waals surface area contributed by atoms with E-state index >= 15 is 4.39 Å². The van der Waals surface area contributed by atoms with Crippen molar-refractivity contribution >= 4 is 115 Å². The number of nitrogens with two attached hydrogens (primary N) is 3. The number of piperazine rings is 3. The molecule has 0 saturated carbocycles. The summed E-state index contributed by atoms with van der Waals surface area (Å²) in [6.07, 6.45) is -12.5. The maximum Gasteiger partial charge on any atom is 0.417 e. The number of benzene rings is 6. The SMILES string of the molecule is C=CC(=O)N1CCN(c2nc(=O)n3c4c(c(-c5ccc(F)c(Cl)c5)c(C(F)(F)F)cc24)SCC(OCCN)C3)CC1.C=CC(=O)N1CCN(c2nc(=O)n3c4c(c(-c5ccc(F)cc5)c(C(F)(F)F)cc24)SCC(OCCN)C3)CC1.C=CC(=O)N1CCN(c2nc(=O)n3c4c(c(-c5ccc(F)cc5F)c(C(F)(F)F)cc24)SCC(OCCN)C3)CC1. The van der Waals surface area contributed by atoms with Gasteiger partial charge in [-0.15, -0.1) is 35.3 Å². The van der Waals surface area contributed by atoms with E-state index in [2.05, 4.69) is 34.7 Å². The Morgan fingerprint density at radius 2 is 0.754 bits per heavy atom. The molecule has 0 radical (unpaired) electrons. The maximum atomic E-state index is 15.1. The number of carbonyl (C=O) groups excluding carboxylic acids is 3. The highest BCUT2D eigenvalue weighted by atomic mass is 35.5. The van der Waals surface area contributed by atoms with Crippen LogP contribution in [0.4, 0.5) is 74.5 Å². The molecule has 9 heterocycles. The van der Waals surface area contributed by atoms with Gasteiger partial charge in [0.05, 0.1) is 96.0 Å². The van der Waals surface area contributed by atoms with Gasteiger partial charge in [0.15, 0.2) is 0 Å². The van der Waals surface area contributed by atoms with Gasteiger partial charge < -0.3 is 60.8 Å². The first-order chi connectivity index (χ1) is 58.2. The van der Waals surface area contributed by atoms with E-state index in [1.165, 1.54) is 55.0 Å². The zero-order chi connectivity index (χ0) is 87.6. The third kappa shape index (κ3) is 18.9. The molecule has 15 rings (SSSR count). The van der Waals surface area contributed by atoms with Crippen LogP contribution in [0.5, 0.6) is 0 Å². The molecule has 24 nitrogen and oxygen atoms in total. The van der Waals surface area contributed by atoms with Crippen molar-refractivity contribution in [3.05, 3.63) is 193 Å². The van der Waals surface area contributed by atoms with Crippen molar-refractivity contribution in [1.29, 1.82) is 0 Å². The summed E-state index contributed by atoms with van der Waals surface area (Å²) in [7, 11) is 0. The van der Waals surface area contributed by atoms with E-state index in [-0.39, 0.29) is 246 Å². The van der Waals surface area contributed by atoms with E-state index in [4.69, 9.17) is 43.0 Å². The third-order valence-electron chi connectivity index (χ3n) is 21.1. The fourth-order valence-electron chi connectivity index (χ4n) is 15.4. The third-order valence-corrected chi connectivity index (χ3v) is 25.0. The summed E-state index contributed by atoms with van der Waals surface area (Å²) < 4.78 is 210. The normalized spacial score (nSPS) is 17.6. The van der Waals surface area contributed by atoms with Crippen LogP contribution in [0.2, 0.25) is 5.02 Å². The molecule has 3 aromatic heterocycles. The van der Waals surface area contributed by atoms with Gasteiger partial charge in [0.25, 0.3) is 0 Å². The van der Waals surface area contributed by atoms with E-state index in [0.717, 1.165) is 89.9 Å². The van der Waals surface area contributed by atoms with Gasteiger partial charge in [-0.05, 0) is 84.0 Å². The minimum Gasteiger partial charge on any atom is -0.374 e. The first-order valence-corrected chi connectivity index (χ1v) is 41.6. The standard InChI is InChI=1S/C27H26ClF4N5O3S.C27H26F5N5O3S.C27H27F4N5O3S/c1-2-21(38)35-6-8-36(9-7-35)25-17-12-18(27(30,31)32)22(15-3-4-20(29)19(28)11-15)24-23(17)37(26(39)34-25)13-16(14-41-24)40-10-5-33;1-2-21(38)35-6-8-36(9-7-35)25-18-12-19(27(30,31)32)22(17-4-3-15(28)11-20(17)29)24-23(18)37(26(39)34-25)13-16(14-41-24)40-10-5-33;1-2-21(37)34-8-10-35(11-9-34)25-19-13-20(27(29,30)31)22(16-3-5-17(28)6-4-16)24-23(19)36(26(38)33-25)14-18(15-40-24)39-12-7-32/h2*2-4,11-12,16H,1,5-10,13-14,33H2;2-6,13,18H,1,7-12,14-15,32H2. The summed E-state index contributed by atoms with van der Waals surface area (Å²) in [6.45, 7) is 15.0. The minimum absolute atomic E-state index is 0.0130. The molecule has 0 spiro atoms. The van der Waals surface area contributed by atoms with Crippen LogP contribution in [0, 0.1) is 23.3 Å². The van der Waals surface area contributed by atoms with Crippen LogP contribution in [0.1, 0.15) is 16.7 Å². The van der Waals surface area contributed by atoms with Gasteiger partial charge in [0.1, 0.15) is 40.7 Å². The van der Waals surface area contributed by atoms with E-state index in [1.54, 1.807) is 24.5 Å². The zero-order valence-corrected chi connectivity index (χ0v) is 68.1. The lowest BCUT2D eigenvalue weighted by Crippen LogP contribution is -2.49. The number of aromatic nitrogens is 6. The maximum absolute atomic E-state index is 15.1. The number of ether oxygens (including phenoxy) is 3. The smallest absolute Gasteiger partial charge is 0.374 e. The Bertz CT molecular complexity index is 5740. The Morgan fingerprint density at radius 3 is 1.07 bits per heavy atom. The highest BCUT2D eigenvalue weighted by Crippen LogP contribution is 2.53. The van der Waals surface area contributed by atoms with E-state index < -0.39 is 105 Å². The fourth-order valence-corrected chi connectivity index (χ4v) is 19.4. The lowest BCUT2D eigenvalue weighted by Gasteiger charge is -2.35. The highest BCUT2D eigenvalue weighted by Gasteiger charge is 2.44. The second-order valence-corrected chi connectivity index (χ2v) is 32.1. The molecule has 6 aromatic carbocycles. The first-order valence-electron chi connectivity index (χ1n) is 38.2.